The second-order valence-corrected chi connectivity index (χ2v) is 9.28. The van der Waals surface area contributed by atoms with Crippen molar-refractivity contribution in [3.63, 3.8) is 0 Å². The summed E-state index contributed by atoms with van der Waals surface area (Å²) in [5.41, 5.74) is 0. The van der Waals surface area contributed by atoms with Crippen LogP contribution in [0.2, 0.25) is 19.1 Å². The van der Waals surface area contributed by atoms with E-state index < -0.39 is 8.32 Å². The molecule has 91 valence electrons. The second-order valence-electron chi connectivity index (χ2n) is 5.06. The Morgan fingerprint density at radius 3 is 2.88 bits per heavy atom. The van der Waals surface area contributed by atoms with Crippen molar-refractivity contribution in [2.24, 2.45) is 4.99 Å². The van der Waals surface area contributed by atoms with Crippen LogP contribution in [0.15, 0.2) is 4.99 Å². The van der Waals surface area contributed by atoms with E-state index in [0.717, 1.165) is 44.3 Å². The van der Waals surface area contributed by atoms with Gasteiger partial charge in [0.15, 0.2) is 8.32 Å². The van der Waals surface area contributed by atoms with Crippen LogP contribution < -0.4 is 0 Å². The molecule has 0 bridgehead atoms. The summed E-state index contributed by atoms with van der Waals surface area (Å²) >= 11 is 0. The van der Waals surface area contributed by atoms with Gasteiger partial charge in [-0.05, 0) is 32.0 Å². The van der Waals surface area contributed by atoms with E-state index in [-0.39, 0.29) is 6.04 Å². The normalized spacial score (nSPS) is 22.8. The van der Waals surface area contributed by atoms with Gasteiger partial charge in [-0.2, -0.15) is 4.99 Å². The van der Waals surface area contributed by atoms with Crippen LogP contribution in [0.25, 0.3) is 0 Å². The van der Waals surface area contributed by atoms with Gasteiger partial charge in [0.05, 0.1) is 6.04 Å². The zero-order valence-electron chi connectivity index (χ0n) is 10.6. The van der Waals surface area contributed by atoms with Crippen molar-refractivity contribution in [2.75, 3.05) is 0 Å². The van der Waals surface area contributed by atoms with Gasteiger partial charge in [0, 0.05) is 0 Å². The molecule has 1 atom stereocenters. The van der Waals surface area contributed by atoms with Gasteiger partial charge in [0.2, 0.25) is 6.08 Å². The molecule has 1 fully saturated rings. The number of nitrogens with zero attached hydrogens (tertiary/aromatic N) is 1. The summed E-state index contributed by atoms with van der Waals surface area (Å²) < 4.78 is 6.17. The van der Waals surface area contributed by atoms with Crippen LogP contribution in [0, 0.1) is 6.10 Å². The Kier molecular flexibility index (Phi) is 5.39. The van der Waals surface area contributed by atoms with Gasteiger partial charge in [-0.15, -0.1) is 0 Å². The smallest absolute Gasteiger partial charge is 0.235 e. The van der Waals surface area contributed by atoms with Crippen LogP contribution in [0.3, 0.4) is 0 Å². The number of hydrogen-bond donors (Lipinski definition) is 0. The van der Waals surface area contributed by atoms with Gasteiger partial charge in [-0.1, -0.05) is 26.2 Å². The molecule has 16 heavy (non-hydrogen) atoms. The lowest BCUT2D eigenvalue weighted by molar-refractivity contribution is 0.227. The van der Waals surface area contributed by atoms with Crippen molar-refractivity contribution in [1.29, 1.82) is 0 Å². The Hall–Kier alpha value is -0.443. The maximum absolute atomic E-state index is 10.4. The fraction of sp³-hybridized carbons (Fsp3) is 0.833. The molecule has 1 aliphatic carbocycles. The number of aliphatic imine (C=N–C) groups is 1. The molecule has 0 N–H and O–H groups in total. The fourth-order valence-corrected chi connectivity index (χ4v) is 4.55. The van der Waals surface area contributed by atoms with Gasteiger partial charge in [-0.3, -0.25) is 0 Å². The molecule has 0 aromatic heterocycles. The monoisotopic (exact) mass is 240 g/mol. The number of carbonyl (C=O) groups excluding carboxylic acids is 1. The van der Waals surface area contributed by atoms with Crippen molar-refractivity contribution in [3.8, 4) is 0 Å². The van der Waals surface area contributed by atoms with Gasteiger partial charge in [0.25, 0.3) is 0 Å². The summed E-state index contributed by atoms with van der Waals surface area (Å²) in [4.78, 5) is 14.2. The second kappa shape index (κ2) is 6.33. The van der Waals surface area contributed by atoms with Crippen molar-refractivity contribution < 1.29 is 9.22 Å². The summed E-state index contributed by atoms with van der Waals surface area (Å²) in [6, 6.07) is 1.14. The number of rotatable bonds is 5. The van der Waals surface area contributed by atoms with E-state index in [1.807, 2.05) is 0 Å². The van der Waals surface area contributed by atoms with E-state index >= 15 is 0 Å². The minimum absolute atomic E-state index is 0.0186. The van der Waals surface area contributed by atoms with E-state index in [1.165, 1.54) is 0 Å². The quantitative estimate of drug-likeness (QED) is 0.419. The predicted molar refractivity (Wildman–Crippen MR) is 67.3 cm³/mol. The summed E-state index contributed by atoms with van der Waals surface area (Å²) in [7, 11) is -1.59. The lowest BCUT2D eigenvalue weighted by atomic mass is 9.93. The lowest BCUT2D eigenvalue weighted by Gasteiger charge is -2.33. The molecular formula is C12H22NO2Si. The first-order valence-corrected chi connectivity index (χ1v) is 9.32. The third-order valence-corrected chi connectivity index (χ3v) is 5.51. The molecule has 1 aliphatic rings. The van der Waals surface area contributed by atoms with E-state index in [4.69, 9.17) is 4.43 Å². The van der Waals surface area contributed by atoms with E-state index in [1.54, 1.807) is 6.08 Å². The van der Waals surface area contributed by atoms with Crippen molar-refractivity contribution in [1.82, 2.24) is 0 Å². The van der Waals surface area contributed by atoms with Crippen molar-refractivity contribution in [3.05, 3.63) is 6.10 Å². The molecule has 4 heteroatoms. The molecule has 0 aromatic rings. The maximum atomic E-state index is 10.4. The topological polar surface area (TPSA) is 38.7 Å². The van der Waals surface area contributed by atoms with Gasteiger partial charge in [0.1, 0.15) is 6.10 Å². The zero-order valence-corrected chi connectivity index (χ0v) is 11.6. The Morgan fingerprint density at radius 2 is 2.25 bits per heavy atom. The van der Waals surface area contributed by atoms with Gasteiger partial charge in [-0.25, -0.2) is 4.79 Å². The van der Waals surface area contributed by atoms with Gasteiger partial charge >= 0.3 is 0 Å². The summed E-state index contributed by atoms with van der Waals surface area (Å²) in [6.07, 6.45) is 8.09. The summed E-state index contributed by atoms with van der Waals surface area (Å²) in [5.74, 6) is 0. The highest BCUT2D eigenvalue weighted by molar-refractivity contribution is 6.71. The molecule has 0 aliphatic heterocycles. The lowest BCUT2D eigenvalue weighted by Crippen LogP contribution is -2.37. The molecule has 0 amide bonds. The van der Waals surface area contributed by atoms with E-state index in [2.05, 4.69) is 25.0 Å². The Morgan fingerprint density at radius 1 is 1.50 bits per heavy atom. The average Bonchev–Trinajstić information content (AvgIpc) is 2.20. The fourth-order valence-electron chi connectivity index (χ4n) is 2.29. The molecule has 1 unspecified atom stereocenters. The largest absolute Gasteiger partial charge is 0.407 e. The molecule has 1 radical (unpaired) electrons. The van der Waals surface area contributed by atoms with Crippen LogP contribution in [0.1, 0.15) is 39.0 Å². The van der Waals surface area contributed by atoms with E-state index in [0.29, 0.717) is 0 Å². The van der Waals surface area contributed by atoms with Crippen LogP contribution in [0.4, 0.5) is 0 Å². The third-order valence-electron chi connectivity index (χ3n) is 2.99. The first-order chi connectivity index (χ1) is 7.59. The Bertz CT molecular complexity index is 262. The molecule has 1 rings (SSSR count). The van der Waals surface area contributed by atoms with Crippen LogP contribution in [-0.4, -0.2) is 20.4 Å². The maximum Gasteiger partial charge on any atom is 0.235 e. The Labute approximate surface area is 99.4 Å². The molecule has 0 spiro atoms. The van der Waals surface area contributed by atoms with Crippen molar-refractivity contribution in [2.45, 2.75) is 64.2 Å². The first-order valence-electron chi connectivity index (χ1n) is 6.21. The highest BCUT2D eigenvalue weighted by Crippen LogP contribution is 2.33. The minimum atomic E-state index is -1.59. The average molecular weight is 240 g/mol. The molecule has 3 nitrogen and oxygen atoms in total. The zero-order chi connectivity index (χ0) is 12.0. The molecule has 0 aromatic carbocycles. The van der Waals surface area contributed by atoms with Gasteiger partial charge < -0.3 is 4.43 Å². The van der Waals surface area contributed by atoms with Crippen LogP contribution in [-0.2, 0) is 9.22 Å². The molecule has 0 saturated heterocycles. The molecular weight excluding hydrogens is 218 g/mol. The highest BCUT2D eigenvalue weighted by atomic mass is 28.4. The van der Waals surface area contributed by atoms with Crippen LogP contribution >= 0.6 is 0 Å². The SMILES string of the molecule is CCC[Si](C)(C)O[C]1CCCCC1N=C=O. The summed E-state index contributed by atoms with van der Waals surface area (Å²) in [5, 5.41) is 0. The number of hydrogen-bond acceptors (Lipinski definition) is 3. The van der Waals surface area contributed by atoms with E-state index in [9.17, 15) is 4.79 Å². The Balaban J connectivity index is 2.58. The van der Waals surface area contributed by atoms with Crippen LogP contribution in [0.5, 0.6) is 0 Å². The number of isocyanates is 1. The molecule has 0 heterocycles. The van der Waals surface area contributed by atoms with Crippen molar-refractivity contribution >= 4 is 14.4 Å². The standard InChI is InChI=1S/C12H22NO2Si/c1-4-9-16(2,3)15-12-8-6-5-7-11(12)13-10-14/h11H,4-9H2,1-3H3. The third kappa shape index (κ3) is 4.20. The predicted octanol–water partition coefficient (Wildman–Crippen LogP) is 3.43. The summed E-state index contributed by atoms with van der Waals surface area (Å²) in [6.45, 7) is 6.66. The first kappa shape index (κ1) is 13.6. The molecule has 1 saturated carbocycles. The highest BCUT2D eigenvalue weighted by Gasteiger charge is 2.33. The minimum Gasteiger partial charge on any atom is -0.407 e.